The number of carboxylic acid groups (broad SMARTS) is 2. The molecule has 4 heterocycles. The van der Waals surface area contributed by atoms with E-state index in [1.807, 2.05) is 0 Å². The fraction of sp³-hybridized carbons (Fsp3) is 0.545. The zero-order valence-corrected chi connectivity index (χ0v) is 19.9. The Labute approximate surface area is 197 Å². The molecule has 0 amide bonds. The van der Waals surface area contributed by atoms with Crippen molar-refractivity contribution in [3.05, 3.63) is 35.6 Å². The van der Waals surface area contributed by atoms with Gasteiger partial charge in [-0.3, -0.25) is 0 Å². The summed E-state index contributed by atoms with van der Waals surface area (Å²) < 4.78 is 10.4. The minimum atomic E-state index is -1.82. The number of rotatable bonds is 4. The first-order valence-electron chi connectivity index (χ1n) is 11.1. The molecule has 0 spiro atoms. The standard InChI is InChI=1S/2C10H15N3O.C2H2O4/c2*1-7(2)9-12-10(14-13-9)8-4-3-5-11-6-8;3-1(4)2(5)6/h2*4,7,11H,3,5-6H2,1-2H3;(H,3,4)(H,5,6). The molecule has 186 valence electrons. The van der Waals surface area contributed by atoms with Gasteiger partial charge in [-0.15, -0.1) is 0 Å². The van der Waals surface area contributed by atoms with E-state index in [0.29, 0.717) is 23.6 Å². The van der Waals surface area contributed by atoms with Gasteiger partial charge in [0.15, 0.2) is 11.6 Å². The van der Waals surface area contributed by atoms with Gasteiger partial charge in [0.1, 0.15) is 0 Å². The van der Waals surface area contributed by atoms with E-state index in [4.69, 9.17) is 28.8 Å². The second kappa shape index (κ2) is 13.4. The molecule has 2 aromatic heterocycles. The quantitative estimate of drug-likeness (QED) is 0.474. The highest BCUT2D eigenvalue weighted by molar-refractivity contribution is 6.27. The molecule has 2 aliphatic rings. The summed E-state index contributed by atoms with van der Waals surface area (Å²) in [6, 6.07) is 0. The molecule has 0 aromatic carbocycles. The lowest BCUT2D eigenvalue weighted by molar-refractivity contribution is -0.159. The van der Waals surface area contributed by atoms with Crippen molar-refractivity contribution in [3.63, 3.8) is 0 Å². The summed E-state index contributed by atoms with van der Waals surface area (Å²) in [5, 5.41) is 29.2. The van der Waals surface area contributed by atoms with E-state index < -0.39 is 11.9 Å². The molecule has 12 nitrogen and oxygen atoms in total. The maximum Gasteiger partial charge on any atom is 0.414 e. The van der Waals surface area contributed by atoms with Crippen LogP contribution in [0.1, 0.15) is 75.8 Å². The molecule has 0 radical (unpaired) electrons. The lowest BCUT2D eigenvalue weighted by Gasteiger charge is -2.09. The second-order valence-electron chi connectivity index (χ2n) is 8.22. The van der Waals surface area contributed by atoms with Gasteiger partial charge in [-0.1, -0.05) is 50.2 Å². The van der Waals surface area contributed by atoms with Gasteiger partial charge in [0.2, 0.25) is 0 Å². The topological polar surface area (TPSA) is 176 Å². The predicted molar refractivity (Wildman–Crippen MR) is 123 cm³/mol. The number of carboxylic acids is 2. The smallest absolute Gasteiger partial charge is 0.414 e. The number of carbonyl (C=O) groups is 2. The van der Waals surface area contributed by atoms with Crippen molar-refractivity contribution in [3.8, 4) is 0 Å². The number of nitrogens with one attached hydrogen (secondary N) is 2. The monoisotopic (exact) mass is 476 g/mol. The van der Waals surface area contributed by atoms with Crippen LogP contribution in [0.4, 0.5) is 0 Å². The molecule has 4 rings (SSSR count). The summed E-state index contributed by atoms with van der Waals surface area (Å²) in [6.07, 6.45) is 6.39. The van der Waals surface area contributed by atoms with E-state index >= 15 is 0 Å². The first-order valence-corrected chi connectivity index (χ1v) is 11.1. The highest BCUT2D eigenvalue weighted by Gasteiger charge is 2.15. The molecular formula is C22H32N6O6. The van der Waals surface area contributed by atoms with Crippen molar-refractivity contribution in [2.24, 2.45) is 0 Å². The van der Waals surface area contributed by atoms with Gasteiger partial charge < -0.3 is 29.9 Å². The molecule has 4 N–H and O–H groups in total. The van der Waals surface area contributed by atoms with Crippen molar-refractivity contribution < 1.29 is 28.8 Å². The van der Waals surface area contributed by atoms with E-state index in [0.717, 1.165) is 61.8 Å². The summed E-state index contributed by atoms with van der Waals surface area (Å²) in [7, 11) is 0. The van der Waals surface area contributed by atoms with Crippen LogP contribution in [-0.2, 0) is 9.59 Å². The van der Waals surface area contributed by atoms with Gasteiger partial charge >= 0.3 is 11.9 Å². The van der Waals surface area contributed by atoms with Crippen LogP contribution in [0.2, 0.25) is 0 Å². The van der Waals surface area contributed by atoms with Crippen molar-refractivity contribution in [2.75, 3.05) is 26.2 Å². The Kier molecular flexibility index (Phi) is 10.6. The van der Waals surface area contributed by atoms with Gasteiger partial charge in [-0.05, 0) is 25.9 Å². The molecule has 0 fully saturated rings. The number of aliphatic carboxylic acids is 2. The molecule has 12 heteroatoms. The average Bonchev–Trinajstić information content (AvgIpc) is 3.52. The third-order valence-electron chi connectivity index (χ3n) is 4.70. The molecule has 0 aliphatic carbocycles. The molecule has 2 aromatic rings. The van der Waals surface area contributed by atoms with Crippen molar-refractivity contribution in [1.29, 1.82) is 0 Å². The molecule has 2 aliphatic heterocycles. The van der Waals surface area contributed by atoms with Crippen molar-refractivity contribution in [2.45, 2.75) is 52.4 Å². The molecule has 0 atom stereocenters. The SMILES string of the molecule is CC(C)c1noc(C2=CCCNC2)n1.CC(C)c1noc(C2=CCCNC2)n1.O=C(O)C(=O)O. The third-order valence-corrected chi connectivity index (χ3v) is 4.70. The van der Waals surface area contributed by atoms with Crippen LogP contribution in [0.15, 0.2) is 21.2 Å². The average molecular weight is 477 g/mol. The summed E-state index contributed by atoms with van der Waals surface area (Å²) in [5.74, 6) is -0.0981. The van der Waals surface area contributed by atoms with E-state index in [9.17, 15) is 0 Å². The van der Waals surface area contributed by atoms with E-state index in [-0.39, 0.29) is 0 Å². The molecular weight excluding hydrogens is 444 g/mol. The van der Waals surface area contributed by atoms with Crippen LogP contribution in [-0.4, -0.2) is 68.6 Å². The molecule has 0 unspecified atom stereocenters. The van der Waals surface area contributed by atoms with Gasteiger partial charge in [0.05, 0.1) is 0 Å². The first-order chi connectivity index (χ1) is 16.2. The summed E-state index contributed by atoms with van der Waals surface area (Å²) in [5.41, 5.74) is 2.24. The minimum Gasteiger partial charge on any atom is -0.473 e. The number of aromatic nitrogens is 4. The Balaban J connectivity index is 0.000000196. The maximum absolute atomic E-state index is 9.10. The Morgan fingerprint density at radius 1 is 0.794 bits per heavy atom. The summed E-state index contributed by atoms with van der Waals surface area (Å²) >= 11 is 0. The van der Waals surface area contributed by atoms with Crippen LogP contribution in [0, 0.1) is 0 Å². The van der Waals surface area contributed by atoms with E-state index in [2.05, 4.69) is 70.8 Å². The minimum absolute atomic E-state index is 0.324. The fourth-order valence-electron chi connectivity index (χ4n) is 2.81. The zero-order chi connectivity index (χ0) is 25.1. The highest BCUT2D eigenvalue weighted by Crippen LogP contribution is 2.18. The van der Waals surface area contributed by atoms with Crippen LogP contribution in [0.25, 0.3) is 11.1 Å². The van der Waals surface area contributed by atoms with E-state index in [1.54, 1.807) is 0 Å². The summed E-state index contributed by atoms with van der Waals surface area (Å²) in [6.45, 7) is 12.0. The lowest BCUT2D eigenvalue weighted by Crippen LogP contribution is -2.21. The Hall–Kier alpha value is -3.38. The summed E-state index contributed by atoms with van der Waals surface area (Å²) in [4.78, 5) is 26.9. The van der Waals surface area contributed by atoms with Crippen LogP contribution < -0.4 is 10.6 Å². The first kappa shape index (κ1) is 26.9. The Morgan fingerprint density at radius 3 is 1.41 bits per heavy atom. The molecule has 34 heavy (non-hydrogen) atoms. The van der Waals surface area contributed by atoms with E-state index in [1.165, 1.54) is 0 Å². The van der Waals surface area contributed by atoms with Crippen molar-refractivity contribution >= 4 is 23.1 Å². The van der Waals surface area contributed by atoms with Gasteiger partial charge in [-0.2, -0.15) is 9.97 Å². The zero-order valence-electron chi connectivity index (χ0n) is 19.9. The number of hydrogen-bond acceptors (Lipinski definition) is 10. The molecule has 0 bridgehead atoms. The van der Waals surface area contributed by atoms with Gasteiger partial charge in [0.25, 0.3) is 11.8 Å². The van der Waals surface area contributed by atoms with Crippen LogP contribution in [0.5, 0.6) is 0 Å². The number of hydrogen-bond donors (Lipinski definition) is 4. The lowest BCUT2D eigenvalue weighted by atomic mass is 10.1. The van der Waals surface area contributed by atoms with Crippen LogP contribution in [0.3, 0.4) is 0 Å². The normalized spacial score (nSPS) is 15.5. The fourth-order valence-corrected chi connectivity index (χ4v) is 2.81. The second-order valence-corrected chi connectivity index (χ2v) is 8.22. The maximum atomic E-state index is 9.10. The van der Waals surface area contributed by atoms with Gasteiger partial charge in [0, 0.05) is 36.1 Å². The van der Waals surface area contributed by atoms with Crippen LogP contribution >= 0.6 is 0 Å². The largest absolute Gasteiger partial charge is 0.473 e. The number of nitrogens with zero attached hydrogens (tertiary/aromatic N) is 4. The Bertz CT molecular complexity index is 927. The van der Waals surface area contributed by atoms with Crippen molar-refractivity contribution in [1.82, 2.24) is 30.9 Å². The third kappa shape index (κ3) is 8.52. The Morgan fingerprint density at radius 2 is 1.18 bits per heavy atom. The highest BCUT2D eigenvalue weighted by atomic mass is 16.5. The molecule has 0 saturated carbocycles. The molecule has 0 saturated heterocycles. The predicted octanol–water partition coefficient (Wildman–Crippen LogP) is 2.29. The van der Waals surface area contributed by atoms with Gasteiger partial charge in [-0.25, -0.2) is 9.59 Å².